The van der Waals surface area contributed by atoms with E-state index in [9.17, 15) is 0 Å². The molecule has 0 aromatic heterocycles. The minimum atomic E-state index is -0.522. The van der Waals surface area contributed by atoms with Gasteiger partial charge in [0, 0.05) is 5.92 Å². The monoisotopic (exact) mass is 274 g/mol. The topological polar surface area (TPSA) is 27.7 Å². The molecule has 1 saturated carbocycles. The molecule has 0 spiro atoms. The third kappa shape index (κ3) is 2.66. The van der Waals surface area contributed by atoms with E-state index in [1.54, 1.807) is 0 Å². The fourth-order valence-corrected chi connectivity index (χ4v) is 3.14. The van der Waals surface area contributed by atoms with Crippen LogP contribution in [-0.2, 0) is 20.8 Å². The Morgan fingerprint density at radius 2 is 1.95 bits per heavy atom. The number of hydrogen-bond donors (Lipinski definition) is 0. The van der Waals surface area contributed by atoms with Gasteiger partial charge in [-0.25, -0.2) is 0 Å². The minimum Gasteiger partial charge on any atom is -0.371 e. The van der Waals surface area contributed by atoms with Crippen LogP contribution in [0.25, 0.3) is 0 Å². The summed E-state index contributed by atoms with van der Waals surface area (Å²) < 4.78 is 18.1. The molecule has 1 aromatic carbocycles. The van der Waals surface area contributed by atoms with Crippen molar-refractivity contribution in [1.82, 2.24) is 0 Å². The Kier molecular flexibility index (Phi) is 3.67. The lowest BCUT2D eigenvalue weighted by molar-refractivity contribution is -0.170. The molecule has 1 aromatic rings. The number of benzene rings is 1. The molecule has 2 aliphatic rings. The van der Waals surface area contributed by atoms with Crippen molar-refractivity contribution in [3.8, 4) is 0 Å². The number of hydrogen-bond acceptors (Lipinski definition) is 3. The van der Waals surface area contributed by atoms with Crippen molar-refractivity contribution in [2.24, 2.45) is 5.92 Å². The highest BCUT2D eigenvalue weighted by molar-refractivity contribution is 5.14. The molecule has 0 amide bonds. The minimum absolute atomic E-state index is 0.0108. The van der Waals surface area contributed by atoms with Gasteiger partial charge in [-0.05, 0) is 25.8 Å². The van der Waals surface area contributed by atoms with Crippen LogP contribution in [0.2, 0.25) is 0 Å². The zero-order valence-electron chi connectivity index (χ0n) is 12.1. The molecule has 1 saturated heterocycles. The largest absolute Gasteiger partial charge is 0.371 e. The second-order valence-electron chi connectivity index (χ2n) is 6.04. The van der Waals surface area contributed by atoms with Crippen LogP contribution in [-0.4, -0.2) is 24.1 Å². The van der Waals surface area contributed by atoms with Crippen LogP contribution in [0, 0.1) is 5.92 Å². The van der Waals surface area contributed by atoms with E-state index < -0.39 is 5.79 Å². The zero-order valence-corrected chi connectivity index (χ0v) is 12.1. The van der Waals surface area contributed by atoms with Gasteiger partial charge in [0.05, 0.1) is 18.8 Å². The summed E-state index contributed by atoms with van der Waals surface area (Å²) >= 11 is 0. The van der Waals surface area contributed by atoms with Crippen LogP contribution >= 0.6 is 0 Å². The van der Waals surface area contributed by atoms with Gasteiger partial charge >= 0.3 is 0 Å². The molecule has 3 rings (SSSR count). The summed E-state index contributed by atoms with van der Waals surface area (Å²) in [4.78, 5) is 0. The van der Waals surface area contributed by atoms with Crippen LogP contribution in [0.1, 0.15) is 25.8 Å². The van der Waals surface area contributed by atoms with Crippen LogP contribution in [0.15, 0.2) is 43.0 Å². The van der Waals surface area contributed by atoms with Crippen LogP contribution < -0.4 is 0 Å². The quantitative estimate of drug-likeness (QED) is 0.788. The van der Waals surface area contributed by atoms with Gasteiger partial charge in [0.1, 0.15) is 6.10 Å². The molecule has 4 unspecified atom stereocenters. The molecule has 1 heterocycles. The van der Waals surface area contributed by atoms with Crippen molar-refractivity contribution in [3.63, 3.8) is 0 Å². The van der Waals surface area contributed by atoms with E-state index in [1.807, 2.05) is 38.1 Å². The average Bonchev–Trinajstić information content (AvgIpc) is 2.91. The summed E-state index contributed by atoms with van der Waals surface area (Å²) in [6.45, 7) is 8.44. The fraction of sp³-hybridized carbons (Fsp3) is 0.529. The molecule has 2 fully saturated rings. The van der Waals surface area contributed by atoms with Crippen molar-refractivity contribution < 1.29 is 14.2 Å². The van der Waals surface area contributed by atoms with Gasteiger partial charge in [0.2, 0.25) is 0 Å². The molecule has 0 bridgehead atoms. The van der Waals surface area contributed by atoms with E-state index in [0.29, 0.717) is 12.5 Å². The first-order valence-electron chi connectivity index (χ1n) is 7.23. The molecule has 4 atom stereocenters. The maximum atomic E-state index is 6.08. The van der Waals surface area contributed by atoms with E-state index in [4.69, 9.17) is 14.2 Å². The number of ether oxygens (including phenoxy) is 3. The van der Waals surface area contributed by atoms with Gasteiger partial charge < -0.3 is 14.2 Å². The first-order chi connectivity index (χ1) is 9.59. The first kappa shape index (κ1) is 13.8. The lowest BCUT2D eigenvalue weighted by Gasteiger charge is -2.23. The lowest BCUT2D eigenvalue weighted by Crippen LogP contribution is -2.30. The van der Waals surface area contributed by atoms with Gasteiger partial charge in [0.25, 0.3) is 0 Å². The van der Waals surface area contributed by atoms with Gasteiger partial charge in [-0.3, -0.25) is 0 Å². The predicted octanol–water partition coefficient (Wildman–Crippen LogP) is 3.30. The van der Waals surface area contributed by atoms with Crippen LogP contribution in [0.3, 0.4) is 0 Å². The van der Waals surface area contributed by atoms with E-state index in [-0.39, 0.29) is 18.3 Å². The van der Waals surface area contributed by atoms with E-state index in [2.05, 4.69) is 18.7 Å². The molecular weight excluding hydrogens is 252 g/mol. The molecule has 3 nitrogen and oxygen atoms in total. The lowest BCUT2D eigenvalue weighted by atomic mass is 10.1. The average molecular weight is 274 g/mol. The molecule has 3 heteroatoms. The van der Waals surface area contributed by atoms with Gasteiger partial charge in [0.15, 0.2) is 5.79 Å². The van der Waals surface area contributed by atoms with E-state index in [1.165, 1.54) is 5.56 Å². The summed E-state index contributed by atoms with van der Waals surface area (Å²) in [6, 6.07) is 10.2. The van der Waals surface area contributed by atoms with Crippen molar-refractivity contribution in [2.75, 3.05) is 0 Å². The maximum absolute atomic E-state index is 6.08. The fourth-order valence-electron chi connectivity index (χ4n) is 3.14. The summed E-state index contributed by atoms with van der Waals surface area (Å²) in [7, 11) is 0. The molecule has 1 aliphatic heterocycles. The highest BCUT2D eigenvalue weighted by Gasteiger charge is 2.53. The second-order valence-corrected chi connectivity index (χ2v) is 6.04. The van der Waals surface area contributed by atoms with Crippen molar-refractivity contribution in [2.45, 2.75) is 51.0 Å². The molecule has 0 N–H and O–H groups in total. The summed E-state index contributed by atoms with van der Waals surface area (Å²) in [5, 5.41) is 0. The van der Waals surface area contributed by atoms with Gasteiger partial charge in [-0.1, -0.05) is 36.4 Å². The molecule has 1 aliphatic carbocycles. The van der Waals surface area contributed by atoms with Gasteiger partial charge in [-0.2, -0.15) is 0 Å². The van der Waals surface area contributed by atoms with Crippen molar-refractivity contribution in [3.05, 3.63) is 48.6 Å². The number of fused-ring (bicyclic) bond motifs is 1. The Balaban J connectivity index is 1.66. The Labute approximate surface area is 120 Å². The maximum Gasteiger partial charge on any atom is 0.163 e. The number of rotatable bonds is 4. The molecular formula is C17H22O3. The van der Waals surface area contributed by atoms with Crippen molar-refractivity contribution >= 4 is 0 Å². The van der Waals surface area contributed by atoms with Crippen LogP contribution in [0.4, 0.5) is 0 Å². The summed E-state index contributed by atoms with van der Waals surface area (Å²) in [6.07, 6.45) is 3.04. The molecule has 20 heavy (non-hydrogen) atoms. The Morgan fingerprint density at radius 1 is 1.25 bits per heavy atom. The third-order valence-corrected chi connectivity index (χ3v) is 4.07. The smallest absolute Gasteiger partial charge is 0.163 e. The summed E-state index contributed by atoms with van der Waals surface area (Å²) in [5.74, 6) is -0.215. The zero-order chi connectivity index (χ0) is 14.2. The Hall–Kier alpha value is -1.16. The van der Waals surface area contributed by atoms with Gasteiger partial charge in [-0.15, -0.1) is 6.58 Å². The third-order valence-electron chi connectivity index (χ3n) is 4.07. The predicted molar refractivity (Wildman–Crippen MR) is 77.1 cm³/mol. The van der Waals surface area contributed by atoms with Crippen LogP contribution in [0.5, 0.6) is 0 Å². The highest BCUT2D eigenvalue weighted by atomic mass is 16.8. The SMILES string of the molecule is C=CC1CC(OCc2ccccc2)C2OC(C)(C)OC12. The molecule has 108 valence electrons. The highest BCUT2D eigenvalue weighted by Crippen LogP contribution is 2.43. The standard InChI is InChI=1S/C17H22O3/c1-4-13-10-14(16-15(13)19-17(2,3)20-16)18-11-12-8-6-5-7-9-12/h4-9,13-16H,1,10-11H2,2-3H3. The van der Waals surface area contributed by atoms with E-state index >= 15 is 0 Å². The Morgan fingerprint density at radius 3 is 2.65 bits per heavy atom. The summed E-state index contributed by atoms with van der Waals surface area (Å²) in [5.41, 5.74) is 1.18. The molecule has 0 radical (unpaired) electrons. The Bertz CT molecular complexity index is 468. The second kappa shape index (κ2) is 5.32. The van der Waals surface area contributed by atoms with E-state index in [0.717, 1.165) is 6.42 Å². The first-order valence-corrected chi connectivity index (χ1v) is 7.23. The normalized spacial score (nSPS) is 34.9. The van der Waals surface area contributed by atoms with Crippen molar-refractivity contribution in [1.29, 1.82) is 0 Å².